The highest BCUT2D eigenvalue weighted by molar-refractivity contribution is 5.20. The Balaban J connectivity index is 2.05. The van der Waals surface area contributed by atoms with E-state index in [1.807, 2.05) is 31.2 Å². The Hall–Kier alpha value is -1.74. The number of hydrogen-bond donors (Lipinski definition) is 1. The molecular formula is C15H17FN2. The highest BCUT2D eigenvalue weighted by Crippen LogP contribution is 2.18. The van der Waals surface area contributed by atoms with Gasteiger partial charge in [0.15, 0.2) is 0 Å². The molecule has 0 spiro atoms. The van der Waals surface area contributed by atoms with E-state index in [0.29, 0.717) is 0 Å². The minimum absolute atomic E-state index is 0.0812. The van der Waals surface area contributed by atoms with Gasteiger partial charge in [-0.3, -0.25) is 4.98 Å². The van der Waals surface area contributed by atoms with Crippen molar-refractivity contribution < 1.29 is 4.39 Å². The van der Waals surface area contributed by atoms with E-state index in [2.05, 4.69) is 17.2 Å². The Labute approximate surface area is 107 Å². The Morgan fingerprint density at radius 2 is 1.89 bits per heavy atom. The number of rotatable bonds is 4. The van der Waals surface area contributed by atoms with Gasteiger partial charge in [0.2, 0.25) is 0 Å². The standard InChI is InChI=1S/C15H17FN2/c1-11(13-6-5-7-14(16)10-13)18-12(2)15-8-3-4-9-17-15/h3-12,18H,1-2H3/t11?,12-/m1/s1. The smallest absolute Gasteiger partial charge is 0.123 e. The molecule has 0 radical (unpaired) electrons. The Morgan fingerprint density at radius 3 is 2.56 bits per heavy atom. The highest BCUT2D eigenvalue weighted by Gasteiger charge is 2.12. The molecule has 2 aromatic rings. The summed E-state index contributed by atoms with van der Waals surface area (Å²) in [5.74, 6) is -0.202. The molecule has 0 amide bonds. The van der Waals surface area contributed by atoms with Crippen LogP contribution in [-0.4, -0.2) is 4.98 Å². The molecule has 2 nitrogen and oxygen atoms in total. The van der Waals surface area contributed by atoms with Crippen molar-refractivity contribution in [2.24, 2.45) is 0 Å². The fourth-order valence-electron chi connectivity index (χ4n) is 1.96. The molecular weight excluding hydrogens is 227 g/mol. The molecule has 0 bridgehead atoms. The van der Waals surface area contributed by atoms with E-state index in [0.717, 1.165) is 11.3 Å². The van der Waals surface area contributed by atoms with Gasteiger partial charge in [-0.2, -0.15) is 0 Å². The van der Waals surface area contributed by atoms with Crippen LogP contribution in [0.3, 0.4) is 0 Å². The van der Waals surface area contributed by atoms with Crippen molar-refractivity contribution in [3.8, 4) is 0 Å². The summed E-state index contributed by atoms with van der Waals surface area (Å²) < 4.78 is 13.1. The second-order valence-corrected chi connectivity index (χ2v) is 4.42. The molecule has 0 aliphatic rings. The molecule has 2 atom stereocenters. The molecule has 1 unspecified atom stereocenters. The van der Waals surface area contributed by atoms with Crippen molar-refractivity contribution in [3.63, 3.8) is 0 Å². The maximum absolute atomic E-state index is 13.1. The van der Waals surface area contributed by atoms with Crippen molar-refractivity contribution in [2.75, 3.05) is 0 Å². The van der Waals surface area contributed by atoms with Gasteiger partial charge in [-0.05, 0) is 43.7 Å². The first kappa shape index (κ1) is 12.7. The first-order valence-electron chi connectivity index (χ1n) is 6.09. The number of halogens is 1. The van der Waals surface area contributed by atoms with E-state index in [9.17, 15) is 4.39 Å². The van der Waals surface area contributed by atoms with E-state index in [4.69, 9.17) is 0 Å². The lowest BCUT2D eigenvalue weighted by molar-refractivity contribution is 0.484. The molecule has 0 fully saturated rings. The summed E-state index contributed by atoms with van der Waals surface area (Å²) in [4.78, 5) is 4.31. The number of aromatic nitrogens is 1. The number of pyridine rings is 1. The van der Waals surface area contributed by atoms with Crippen LogP contribution in [0.4, 0.5) is 4.39 Å². The molecule has 2 rings (SSSR count). The zero-order valence-electron chi connectivity index (χ0n) is 10.6. The molecule has 94 valence electrons. The van der Waals surface area contributed by atoms with E-state index in [1.54, 1.807) is 18.3 Å². The molecule has 3 heteroatoms. The minimum atomic E-state index is -0.202. The lowest BCUT2D eigenvalue weighted by Gasteiger charge is -2.20. The second-order valence-electron chi connectivity index (χ2n) is 4.42. The maximum Gasteiger partial charge on any atom is 0.123 e. The van der Waals surface area contributed by atoms with Crippen LogP contribution in [0.25, 0.3) is 0 Å². The number of benzene rings is 1. The van der Waals surface area contributed by atoms with Crippen LogP contribution in [0.1, 0.15) is 37.2 Å². The topological polar surface area (TPSA) is 24.9 Å². The number of hydrogen-bond acceptors (Lipinski definition) is 2. The predicted molar refractivity (Wildman–Crippen MR) is 70.6 cm³/mol. The van der Waals surface area contributed by atoms with Crippen molar-refractivity contribution in [1.29, 1.82) is 0 Å². The normalized spacial score (nSPS) is 14.2. The minimum Gasteiger partial charge on any atom is -0.302 e. The summed E-state index contributed by atoms with van der Waals surface area (Å²) in [6.07, 6.45) is 1.78. The zero-order chi connectivity index (χ0) is 13.0. The Kier molecular flexibility index (Phi) is 4.05. The van der Waals surface area contributed by atoms with Gasteiger partial charge in [0.1, 0.15) is 5.82 Å². The molecule has 1 N–H and O–H groups in total. The van der Waals surface area contributed by atoms with Crippen molar-refractivity contribution >= 4 is 0 Å². The molecule has 18 heavy (non-hydrogen) atoms. The average molecular weight is 244 g/mol. The third-order valence-corrected chi connectivity index (χ3v) is 2.98. The van der Waals surface area contributed by atoms with Gasteiger partial charge in [-0.25, -0.2) is 4.39 Å². The predicted octanol–water partition coefficient (Wildman–Crippen LogP) is 3.63. The summed E-state index contributed by atoms with van der Waals surface area (Å²) in [5.41, 5.74) is 1.93. The molecule has 0 saturated heterocycles. The average Bonchev–Trinajstić information content (AvgIpc) is 2.39. The third kappa shape index (κ3) is 3.14. The fourth-order valence-corrected chi connectivity index (χ4v) is 1.96. The molecule has 0 aliphatic carbocycles. The van der Waals surface area contributed by atoms with Gasteiger partial charge in [-0.1, -0.05) is 18.2 Å². The first-order valence-corrected chi connectivity index (χ1v) is 6.09. The summed E-state index contributed by atoms with van der Waals surface area (Å²) in [6.45, 7) is 4.08. The summed E-state index contributed by atoms with van der Waals surface area (Å²) in [7, 11) is 0. The van der Waals surface area contributed by atoms with Crippen LogP contribution in [0.15, 0.2) is 48.7 Å². The largest absolute Gasteiger partial charge is 0.302 e. The Morgan fingerprint density at radius 1 is 1.06 bits per heavy atom. The van der Waals surface area contributed by atoms with Crippen molar-refractivity contribution in [1.82, 2.24) is 10.3 Å². The highest BCUT2D eigenvalue weighted by atomic mass is 19.1. The van der Waals surface area contributed by atoms with E-state index >= 15 is 0 Å². The summed E-state index contributed by atoms with van der Waals surface area (Å²) in [6, 6.07) is 12.7. The van der Waals surface area contributed by atoms with Crippen LogP contribution >= 0.6 is 0 Å². The Bertz CT molecular complexity index is 499. The lowest BCUT2D eigenvalue weighted by atomic mass is 10.1. The van der Waals surface area contributed by atoms with Crippen LogP contribution in [-0.2, 0) is 0 Å². The monoisotopic (exact) mass is 244 g/mol. The van der Waals surface area contributed by atoms with Gasteiger partial charge in [-0.15, -0.1) is 0 Å². The molecule has 1 aromatic heterocycles. The molecule has 0 saturated carbocycles. The molecule has 1 aromatic carbocycles. The van der Waals surface area contributed by atoms with Crippen LogP contribution in [0, 0.1) is 5.82 Å². The van der Waals surface area contributed by atoms with Crippen LogP contribution < -0.4 is 5.32 Å². The number of nitrogens with one attached hydrogen (secondary N) is 1. The summed E-state index contributed by atoms with van der Waals surface area (Å²) >= 11 is 0. The fraction of sp³-hybridized carbons (Fsp3) is 0.267. The molecule has 0 aliphatic heterocycles. The van der Waals surface area contributed by atoms with Crippen molar-refractivity contribution in [2.45, 2.75) is 25.9 Å². The SMILES string of the molecule is CC(N[C@H](C)c1ccccn1)c1cccc(F)c1. The van der Waals surface area contributed by atoms with Crippen LogP contribution in [0.2, 0.25) is 0 Å². The molecule has 1 heterocycles. The van der Waals surface area contributed by atoms with Crippen molar-refractivity contribution in [3.05, 3.63) is 65.7 Å². The summed E-state index contributed by atoms with van der Waals surface area (Å²) in [5, 5.41) is 3.41. The quantitative estimate of drug-likeness (QED) is 0.888. The maximum atomic E-state index is 13.1. The van der Waals surface area contributed by atoms with Gasteiger partial charge in [0.05, 0.1) is 5.69 Å². The first-order chi connectivity index (χ1) is 8.66. The third-order valence-electron chi connectivity index (χ3n) is 2.98. The van der Waals surface area contributed by atoms with Crippen LogP contribution in [0.5, 0.6) is 0 Å². The number of nitrogens with zero attached hydrogens (tertiary/aromatic N) is 1. The second kappa shape index (κ2) is 5.74. The van der Waals surface area contributed by atoms with Gasteiger partial charge < -0.3 is 5.32 Å². The van der Waals surface area contributed by atoms with E-state index < -0.39 is 0 Å². The van der Waals surface area contributed by atoms with E-state index in [1.165, 1.54) is 6.07 Å². The van der Waals surface area contributed by atoms with E-state index in [-0.39, 0.29) is 17.9 Å². The van der Waals surface area contributed by atoms with Gasteiger partial charge in [0.25, 0.3) is 0 Å². The lowest BCUT2D eigenvalue weighted by Crippen LogP contribution is -2.23. The van der Waals surface area contributed by atoms with Gasteiger partial charge in [0, 0.05) is 18.3 Å². The van der Waals surface area contributed by atoms with Gasteiger partial charge >= 0.3 is 0 Å². The zero-order valence-corrected chi connectivity index (χ0v) is 10.6.